The van der Waals surface area contributed by atoms with Crippen molar-refractivity contribution < 1.29 is 24.5 Å². The van der Waals surface area contributed by atoms with Crippen molar-refractivity contribution >= 4 is 11.9 Å². The van der Waals surface area contributed by atoms with E-state index in [0.29, 0.717) is 25.9 Å². The molecule has 1 amide bonds. The highest BCUT2D eigenvalue weighted by molar-refractivity contribution is 5.76. The molecule has 0 rings (SSSR count). The quantitative estimate of drug-likeness (QED) is 0.0417. The molecule has 6 nitrogen and oxygen atoms in total. The maximum Gasteiger partial charge on any atom is 0.305 e. The first-order valence-electron chi connectivity index (χ1n) is 36.8. The van der Waals surface area contributed by atoms with E-state index in [4.69, 9.17) is 4.74 Å². The zero-order valence-corrected chi connectivity index (χ0v) is 54.2. The maximum absolute atomic E-state index is 12.6. The Morgan fingerprint density at radius 2 is 0.519 bits per heavy atom. The maximum atomic E-state index is 12.6. The van der Waals surface area contributed by atoms with Crippen molar-refractivity contribution in [3.8, 4) is 0 Å². The molecule has 0 saturated carbocycles. The molecule has 0 aliphatic rings. The number of rotatable bonds is 70. The number of hydrogen-bond acceptors (Lipinski definition) is 5. The van der Waals surface area contributed by atoms with Gasteiger partial charge in [-0.2, -0.15) is 0 Å². The zero-order chi connectivity index (χ0) is 57.1. The molecule has 0 aromatic carbocycles. The van der Waals surface area contributed by atoms with Crippen molar-refractivity contribution in [2.75, 3.05) is 13.2 Å². The minimum absolute atomic E-state index is 0.0201. The molecule has 79 heavy (non-hydrogen) atoms. The molecule has 472 valence electrons. The number of carbonyl (C=O) groups is 2. The minimum Gasteiger partial charge on any atom is -0.466 e. The smallest absolute Gasteiger partial charge is 0.305 e. The molecular weight excluding hydrogens is 971 g/mol. The monoisotopic (exact) mass is 1120 g/mol. The van der Waals surface area contributed by atoms with Crippen molar-refractivity contribution in [3.63, 3.8) is 0 Å². The molecule has 3 N–H and O–H groups in total. The second-order valence-corrected chi connectivity index (χ2v) is 25.6. The normalized spacial score (nSPS) is 12.4. The molecule has 0 bridgehead atoms. The van der Waals surface area contributed by atoms with Gasteiger partial charge in [-0.15, -0.1) is 0 Å². The van der Waals surface area contributed by atoms with Gasteiger partial charge in [-0.1, -0.05) is 393 Å². The summed E-state index contributed by atoms with van der Waals surface area (Å²) in [6.45, 7) is 5.01. The highest BCUT2D eigenvalue weighted by Crippen LogP contribution is 2.20. The van der Waals surface area contributed by atoms with E-state index in [-0.39, 0.29) is 18.5 Å². The highest BCUT2D eigenvalue weighted by atomic mass is 16.5. The molecule has 0 radical (unpaired) electrons. The Hall–Kier alpha value is -1.14. The van der Waals surface area contributed by atoms with Crippen molar-refractivity contribution in [3.05, 3.63) is 0 Å². The van der Waals surface area contributed by atoms with E-state index >= 15 is 0 Å². The SMILES string of the molecule is CCCCCCCCCCCCCCCCCCCCCCCCC(O)C(CO)NC(=O)CCCCCCCCCCCCCCCCCCCCCCCCCOC(=O)CCCCCCCCCCCCCCCCCCC. The van der Waals surface area contributed by atoms with Gasteiger partial charge in [0.25, 0.3) is 0 Å². The summed E-state index contributed by atoms with van der Waals surface area (Å²) >= 11 is 0. The summed E-state index contributed by atoms with van der Waals surface area (Å²) in [5, 5.41) is 23.4. The summed E-state index contributed by atoms with van der Waals surface area (Å²) in [6.07, 6.45) is 84.4. The molecule has 0 saturated heterocycles. The van der Waals surface area contributed by atoms with E-state index in [1.165, 1.54) is 360 Å². The third kappa shape index (κ3) is 65.9. The molecule has 0 aromatic heterocycles. The largest absolute Gasteiger partial charge is 0.466 e. The van der Waals surface area contributed by atoms with Crippen LogP contribution < -0.4 is 5.32 Å². The first kappa shape index (κ1) is 77.9. The Morgan fingerprint density at radius 3 is 0.772 bits per heavy atom. The standard InChI is InChI=1S/C73H145NO5/c1-3-5-7-9-11-13-15-17-19-21-22-23-27-30-34-37-41-45-49-53-57-61-65-71(76)70(69-75)74-72(77)66-62-58-54-50-46-42-38-35-31-28-25-24-26-29-32-36-40-44-48-52-56-60-64-68-79-73(78)67-63-59-55-51-47-43-39-33-20-18-16-14-12-10-8-6-4-2/h70-71,75-76H,3-69H2,1-2H3,(H,74,77). The van der Waals surface area contributed by atoms with Gasteiger partial charge in [-0.05, 0) is 25.7 Å². The first-order valence-corrected chi connectivity index (χ1v) is 36.8. The Balaban J connectivity index is 3.35. The summed E-state index contributed by atoms with van der Waals surface area (Å²) in [7, 11) is 0. The summed E-state index contributed by atoms with van der Waals surface area (Å²) < 4.78 is 5.51. The summed E-state index contributed by atoms with van der Waals surface area (Å²) in [5.74, 6) is -0.00843. The molecule has 0 spiro atoms. The first-order chi connectivity index (χ1) is 39.0. The van der Waals surface area contributed by atoms with Crippen LogP contribution in [0.2, 0.25) is 0 Å². The number of aliphatic hydroxyl groups excluding tert-OH is 2. The van der Waals surface area contributed by atoms with E-state index in [1.54, 1.807) is 0 Å². The van der Waals surface area contributed by atoms with Crippen LogP contribution >= 0.6 is 0 Å². The van der Waals surface area contributed by atoms with Gasteiger partial charge in [0.2, 0.25) is 5.91 Å². The van der Waals surface area contributed by atoms with Gasteiger partial charge >= 0.3 is 5.97 Å². The molecule has 0 aliphatic carbocycles. The van der Waals surface area contributed by atoms with Gasteiger partial charge in [-0.25, -0.2) is 0 Å². The zero-order valence-electron chi connectivity index (χ0n) is 54.2. The molecular formula is C73H145NO5. The number of aliphatic hydroxyl groups is 2. The van der Waals surface area contributed by atoms with Crippen LogP contribution in [0.25, 0.3) is 0 Å². The third-order valence-electron chi connectivity index (χ3n) is 17.7. The van der Waals surface area contributed by atoms with E-state index in [2.05, 4.69) is 19.2 Å². The van der Waals surface area contributed by atoms with Crippen LogP contribution in [0, 0.1) is 0 Å². The number of ether oxygens (including phenoxy) is 1. The average molecular weight is 1120 g/mol. The predicted molar refractivity (Wildman–Crippen MR) is 347 cm³/mol. The number of amides is 1. The van der Waals surface area contributed by atoms with E-state index in [0.717, 1.165) is 38.5 Å². The lowest BCUT2D eigenvalue weighted by molar-refractivity contribution is -0.143. The Morgan fingerprint density at radius 1 is 0.304 bits per heavy atom. The second-order valence-electron chi connectivity index (χ2n) is 25.6. The van der Waals surface area contributed by atoms with Crippen LogP contribution in [0.3, 0.4) is 0 Å². The Labute approximate surface area is 496 Å². The molecule has 2 unspecified atom stereocenters. The molecule has 6 heteroatoms. The second kappa shape index (κ2) is 69.4. The fourth-order valence-corrected chi connectivity index (χ4v) is 12.1. The Kier molecular flexibility index (Phi) is 68.4. The minimum atomic E-state index is -0.664. The lowest BCUT2D eigenvalue weighted by Crippen LogP contribution is -2.45. The van der Waals surface area contributed by atoms with E-state index in [9.17, 15) is 19.8 Å². The van der Waals surface area contributed by atoms with E-state index in [1.807, 2.05) is 0 Å². The molecule has 0 fully saturated rings. The summed E-state index contributed by atoms with van der Waals surface area (Å²) in [6, 6.07) is -0.541. The van der Waals surface area contributed by atoms with Gasteiger partial charge in [0.1, 0.15) is 0 Å². The fourth-order valence-electron chi connectivity index (χ4n) is 12.1. The number of esters is 1. The summed E-state index contributed by atoms with van der Waals surface area (Å²) in [5.41, 5.74) is 0. The third-order valence-corrected chi connectivity index (χ3v) is 17.7. The van der Waals surface area contributed by atoms with Gasteiger partial charge in [0.05, 0.1) is 25.4 Å². The van der Waals surface area contributed by atoms with Gasteiger partial charge in [0.15, 0.2) is 0 Å². The van der Waals surface area contributed by atoms with Crippen LogP contribution in [-0.4, -0.2) is 47.4 Å². The number of hydrogen-bond donors (Lipinski definition) is 3. The van der Waals surface area contributed by atoms with Crippen LogP contribution in [0.1, 0.15) is 431 Å². The van der Waals surface area contributed by atoms with Crippen LogP contribution in [0.5, 0.6) is 0 Å². The number of unbranched alkanes of at least 4 members (excludes halogenated alkanes) is 59. The van der Waals surface area contributed by atoms with Crippen molar-refractivity contribution in [2.45, 2.75) is 443 Å². The predicted octanol–water partition coefficient (Wildman–Crippen LogP) is 23.8. The van der Waals surface area contributed by atoms with Gasteiger partial charge < -0.3 is 20.3 Å². The van der Waals surface area contributed by atoms with Crippen molar-refractivity contribution in [2.24, 2.45) is 0 Å². The lowest BCUT2D eigenvalue weighted by Gasteiger charge is -2.22. The van der Waals surface area contributed by atoms with Gasteiger partial charge in [0, 0.05) is 12.8 Å². The highest BCUT2D eigenvalue weighted by Gasteiger charge is 2.20. The lowest BCUT2D eigenvalue weighted by atomic mass is 10.0. The van der Waals surface area contributed by atoms with Crippen molar-refractivity contribution in [1.29, 1.82) is 0 Å². The average Bonchev–Trinajstić information content (AvgIpc) is 3.45. The number of carbonyl (C=O) groups excluding carboxylic acids is 2. The molecule has 0 heterocycles. The summed E-state index contributed by atoms with van der Waals surface area (Å²) in [4.78, 5) is 24.7. The molecule has 0 aliphatic heterocycles. The van der Waals surface area contributed by atoms with Crippen LogP contribution in [0.15, 0.2) is 0 Å². The van der Waals surface area contributed by atoms with Crippen LogP contribution in [-0.2, 0) is 14.3 Å². The fraction of sp³-hybridized carbons (Fsp3) is 0.973. The Bertz CT molecular complexity index is 1150. The molecule has 2 atom stereocenters. The van der Waals surface area contributed by atoms with Gasteiger partial charge in [-0.3, -0.25) is 9.59 Å². The number of nitrogens with one attached hydrogen (secondary N) is 1. The topological polar surface area (TPSA) is 95.9 Å². The van der Waals surface area contributed by atoms with Crippen LogP contribution in [0.4, 0.5) is 0 Å². The van der Waals surface area contributed by atoms with Crippen molar-refractivity contribution in [1.82, 2.24) is 5.32 Å². The van der Waals surface area contributed by atoms with E-state index < -0.39 is 12.1 Å². The molecule has 0 aromatic rings.